The quantitative estimate of drug-likeness (QED) is 0.895. The van der Waals surface area contributed by atoms with Crippen molar-refractivity contribution >= 4 is 5.69 Å². The lowest BCUT2D eigenvalue weighted by molar-refractivity contribution is 0.591. The number of hydrogen-bond donors (Lipinski definition) is 1. The molecule has 2 rings (SSSR count). The summed E-state index contributed by atoms with van der Waals surface area (Å²) in [6.45, 7) is 7.29. The molecule has 0 aliphatic heterocycles. The minimum atomic E-state index is 0.126. The molecule has 0 saturated carbocycles. The highest BCUT2D eigenvalue weighted by molar-refractivity contribution is 5.54. The van der Waals surface area contributed by atoms with Crippen molar-refractivity contribution < 1.29 is 0 Å². The largest absolute Gasteiger partial charge is 0.378 e. The summed E-state index contributed by atoms with van der Waals surface area (Å²) in [4.78, 5) is 8.42. The number of rotatable bonds is 3. The molecule has 0 aliphatic carbocycles. The molecule has 1 heterocycles. The van der Waals surface area contributed by atoms with E-state index in [9.17, 15) is 0 Å². The van der Waals surface area contributed by atoms with Gasteiger partial charge in [-0.25, -0.2) is 9.97 Å². The summed E-state index contributed by atoms with van der Waals surface area (Å²) in [5, 5.41) is 3.41. The van der Waals surface area contributed by atoms with Gasteiger partial charge in [-0.05, 0) is 23.1 Å². The summed E-state index contributed by atoms with van der Waals surface area (Å²) in [6.07, 6.45) is 3.53. The summed E-state index contributed by atoms with van der Waals surface area (Å²) >= 11 is 0. The SMILES string of the molecule is CC(C)(C)c1ccccc1NCc1ncccn1. The molecular formula is C15H19N3. The molecule has 94 valence electrons. The van der Waals surface area contributed by atoms with E-state index in [-0.39, 0.29) is 5.41 Å². The number of aromatic nitrogens is 2. The first-order chi connectivity index (χ1) is 8.57. The molecule has 1 aromatic carbocycles. The van der Waals surface area contributed by atoms with Gasteiger partial charge >= 0.3 is 0 Å². The number of anilines is 1. The minimum absolute atomic E-state index is 0.126. The van der Waals surface area contributed by atoms with Crippen LogP contribution in [0, 0.1) is 0 Å². The van der Waals surface area contributed by atoms with E-state index in [0.29, 0.717) is 6.54 Å². The molecule has 1 N–H and O–H groups in total. The minimum Gasteiger partial charge on any atom is -0.378 e. The van der Waals surface area contributed by atoms with Crippen molar-refractivity contribution in [1.82, 2.24) is 9.97 Å². The zero-order chi connectivity index (χ0) is 13.0. The Morgan fingerprint density at radius 3 is 2.33 bits per heavy atom. The Bertz CT molecular complexity index is 501. The smallest absolute Gasteiger partial charge is 0.147 e. The fourth-order valence-electron chi connectivity index (χ4n) is 1.89. The number of para-hydroxylation sites is 1. The van der Waals surface area contributed by atoms with Crippen LogP contribution < -0.4 is 5.32 Å². The first-order valence-electron chi connectivity index (χ1n) is 6.16. The molecule has 0 aliphatic rings. The Kier molecular flexibility index (Phi) is 3.60. The lowest BCUT2D eigenvalue weighted by Crippen LogP contribution is -2.15. The molecule has 0 spiro atoms. The third kappa shape index (κ3) is 3.06. The molecule has 0 fully saturated rings. The van der Waals surface area contributed by atoms with Crippen molar-refractivity contribution in [2.75, 3.05) is 5.32 Å². The van der Waals surface area contributed by atoms with Crippen molar-refractivity contribution in [2.45, 2.75) is 32.7 Å². The molecule has 0 amide bonds. The van der Waals surface area contributed by atoms with E-state index in [1.54, 1.807) is 12.4 Å². The van der Waals surface area contributed by atoms with Gasteiger partial charge in [-0.3, -0.25) is 0 Å². The average molecular weight is 241 g/mol. The monoisotopic (exact) mass is 241 g/mol. The zero-order valence-corrected chi connectivity index (χ0v) is 11.1. The molecule has 2 aromatic rings. The first kappa shape index (κ1) is 12.6. The topological polar surface area (TPSA) is 37.8 Å². The molecule has 18 heavy (non-hydrogen) atoms. The van der Waals surface area contributed by atoms with Crippen LogP contribution in [0.1, 0.15) is 32.2 Å². The van der Waals surface area contributed by atoms with Crippen LogP contribution in [0.4, 0.5) is 5.69 Å². The van der Waals surface area contributed by atoms with E-state index in [1.165, 1.54) is 5.56 Å². The van der Waals surface area contributed by atoms with E-state index in [4.69, 9.17) is 0 Å². The average Bonchev–Trinajstić information content (AvgIpc) is 2.37. The van der Waals surface area contributed by atoms with E-state index < -0.39 is 0 Å². The Morgan fingerprint density at radius 2 is 1.67 bits per heavy atom. The van der Waals surface area contributed by atoms with Gasteiger partial charge in [0.05, 0.1) is 6.54 Å². The number of hydrogen-bond acceptors (Lipinski definition) is 3. The van der Waals surface area contributed by atoms with Crippen LogP contribution in [0.5, 0.6) is 0 Å². The van der Waals surface area contributed by atoms with E-state index >= 15 is 0 Å². The lowest BCUT2D eigenvalue weighted by Gasteiger charge is -2.23. The van der Waals surface area contributed by atoms with E-state index in [2.05, 4.69) is 54.3 Å². The highest BCUT2D eigenvalue weighted by Gasteiger charge is 2.17. The molecular weight excluding hydrogens is 222 g/mol. The molecule has 0 unspecified atom stereocenters. The second kappa shape index (κ2) is 5.17. The highest BCUT2D eigenvalue weighted by atomic mass is 15.0. The van der Waals surface area contributed by atoms with Crippen LogP contribution in [0.25, 0.3) is 0 Å². The molecule has 0 radical (unpaired) electrons. The van der Waals surface area contributed by atoms with Crippen LogP contribution in [0.2, 0.25) is 0 Å². The number of benzene rings is 1. The maximum atomic E-state index is 4.21. The van der Waals surface area contributed by atoms with Gasteiger partial charge in [-0.1, -0.05) is 39.0 Å². The Morgan fingerprint density at radius 1 is 1.00 bits per heavy atom. The van der Waals surface area contributed by atoms with E-state index in [0.717, 1.165) is 11.5 Å². The van der Waals surface area contributed by atoms with Gasteiger partial charge in [0.15, 0.2) is 0 Å². The fraction of sp³-hybridized carbons (Fsp3) is 0.333. The Balaban J connectivity index is 2.15. The molecule has 0 saturated heterocycles. The summed E-state index contributed by atoms with van der Waals surface area (Å²) in [6, 6.07) is 10.2. The van der Waals surface area contributed by atoms with Crippen LogP contribution >= 0.6 is 0 Å². The summed E-state index contributed by atoms with van der Waals surface area (Å²) in [7, 11) is 0. The van der Waals surface area contributed by atoms with Crippen LogP contribution in [0.3, 0.4) is 0 Å². The summed E-state index contributed by atoms with van der Waals surface area (Å²) < 4.78 is 0. The standard InChI is InChI=1S/C15H19N3/c1-15(2,3)12-7-4-5-8-13(12)18-11-14-16-9-6-10-17-14/h4-10,18H,11H2,1-3H3. The highest BCUT2D eigenvalue weighted by Crippen LogP contribution is 2.29. The second-order valence-electron chi connectivity index (χ2n) is 5.31. The van der Waals surface area contributed by atoms with Crippen LogP contribution in [-0.4, -0.2) is 9.97 Å². The lowest BCUT2D eigenvalue weighted by atomic mass is 9.86. The molecule has 3 nitrogen and oxygen atoms in total. The Hall–Kier alpha value is -1.90. The molecule has 1 aromatic heterocycles. The van der Waals surface area contributed by atoms with Crippen molar-refractivity contribution in [2.24, 2.45) is 0 Å². The van der Waals surface area contributed by atoms with Gasteiger partial charge in [0, 0.05) is 18.1 Å². The predicted octanol–water partition coefficient (Wildman–Crippen LogP) is 3.39. The third-order valence-electron chi connectivity index (χ3n) is 2.79. The van der Waals surface area contributed by atoms with Gasteiger partial charge in [0.1, 0.15) is 5.82 Å². The van der Waals surface area contributed by atoms with Gasteiger partial charge in [0.2, 0.25) is 0 Å². The van der Waals surface area contributed by atoms with E-state index in [1.807, 2.05) is 12.1 Å². The Labute approximate surface area is 108 Å². The normalized spacial score (nSPS) is 11.3. The van der Waals surface area contributed by atoms with Gasteiger partial charge in [0.25, 0.3) is 0 Å². The number of nitrogens with one attached hydrogen (secondary N) is 1. The van der Waals surface area contributed by atoms with Gasteiger partial charge in [-0.2, -0.15) is 0 Å². The first-order valence-corrected chi connectivity index (χ1v) is 6.16. The summed E-state index contributed by atoms with van der Waals surface area (Å²) in [5.41, 5.74) is 2.58. The number of nitrogens with zero attached hydrogens (tertiary/aromatic N) is 2. The third-order valence-corrected chi connectivity index (χ3v) is 2.79. The van der Waals surface area contributed by atoms with Gasteiger partial charge in [-0.15, -0.1) is 0 Å². The van der Waals surface area contributed by atoms with Crippen molar-refractivity contribution in [1.29, 1.82) is 0 Å². The molecule has 0 bridgehead atoms. The molecule has 3 heteroatoms. The van der Waals surface area contributed by atoms with Crippen molar-refractivity contribution in [3.8, 4) is 0 Å². The second-order valence-corrected chi connectivity index (χ2v) is 5.31. The maximum Gasteiger partial charge on any atom is 0.147 e. The molecule has 0 atom stereocenters. The van der Waals surface area contributed by atoms with Crippen LogP contribution in [-0.2, 0) is 12.0 Å². The maximum absolute atomic E-state index is 4.21. The zero-order valence-electron chi connectivity index (χ0n) is 11.1. The predicted molar refractivity (Wildman–Crippen MR) is 74.5 cm³/mol. The van der Waals surface area contributed by atoms with Crippen LogP contribution in [0.15, 0.2) is 42.7 Å². The fourth-order valence-corrected chi connectivity index (χ4v) is 1.89. The van der Waals surface area contributed by atoms with Crippen molar-refractivity contribution in [3.63, 3.8) is 0 Å². The summed E-state index contributed by atoms with van der Waals surface area (Å²) in [5.74, 6) is 0.807. The van der Waals surface area contributed by atoms with Crippen molar-refractivity contribution in [3.05, 3.63) is 54.1 Å². The van der Waals surface area contributed by atoms with Gasteiger partial charge < -0.3 is 5.32 Å².